The maximum absolute atomic E-state index is 12.0. The molecule has 0 aromatic heterocycles. The lowest BCUT2D eigenvalue weighted by Gasteiger charge is -2.25. The molecular formula is C11H22N2O. The van der Waals surface area contributed by atoms with Gasteiger partial charge in [-0.2, -0.15) is 0 Å². The van der Waals surface area contributed by atoms with Crippen LogP contribution in [0.1, 0.15) is 39.5 Å². The summed E-state index contributed by atoms with van der Waals surface area (Å²) in [7, 11) is 0. The molecule has 1 aliphatic carbocycles. The fraction of sp³-hybridized carbons (Fsp3) is 0.909. The van der Waals surface area contributed by atoms with Gasteiger partial charge >= 0.3 is 0 Å². The van der Waals surface area contributed by atoms with E-state index in [1.165, 1.54) is 12.8 Å². The third-order valence-corrected chi connectivity index (χ3v) is 2.76. The summed E-state index contributed by atoms with van der Waals surface area (Å²) in [4.78, 5) is 14.0. The van der Waals surface area contributed by atoms with Crippen molar-refractivity contribution in [2.45, 2.75) is 45.6 Å². The van der Waals surface area contributed by atoms with E-state index in [1.807, 2.05) is 6.92 Å². The fourth-order valence-corrected chi connectivity index (χ4v) is 1.76. The average molecular weight is 198 g/mol. The van der Waals surface area contributed by atoms with Gasteiger partial charge in [0.2, 0.25) is 5.91 Å². The fourth-order valence-electron chi connectivity index (χ4n) is 1.76. The number of carbonyl (C=O) groups is 1. The first-order valence-electron chi connectivity index (χ1n) is 5.71. The van der Waals surface area contributed by atoms with E-state index in [0.29, 0.717) is 18.5 Å². The molecule has 1 fully saturated rings. The molecule has 0 spiro atoms. The zero-order valence-corrected chi connectivity index (χ0v) is 9.33. The van der Waals surface area contributed by atoms with Crippen molar-refractivity contribution in [2.75, 3.05) is 13.1 Å². The van der Waals surface area contributed by atoms with Crippen LogP contribution in [0.4, 0.5) is 0 Å². The van der Waals surface area contributed by atoms with Crippen LogP contribution in [0.5, 0.6) is 0 Å². The lowest BCUT2D eigenvalue weighted by molar-refractivity contribution is -0.135. The molecule has 2 N–H and O–H groups in total. The van der Waals surface area contributed by atoms with E-state index in [0.717, 1.165) is 19.4 Å². The summed E-state index contributed by atoms with van der Waals surface area (Å²) >= 11 is 0. The first-order valence-corrected chi connectivity index (χ1v) is 5.71. The smallest absolute Gasteiger partial charge is 0.225 e. The molecule has 0 aliphatic heterocycles. The minimum absolute atomic E-state index is 0.104. The Kier molecular flexibility index (Phi) is 4.39. The summed E-state index contributed by atoms with van der Waals surface area (Å²) in [5, 5.41) is 0. The van der Waals surface area contributed by atoms with Crippen molar-refractivity contribution < 1.29 is 4.79 Å². The molecule has 3 heteroatoms. The Bertz CT molecular complexity index is 190. The zero-order valence-electron chi connectivity index (χ0n) is 9.33. The molecule has 3 nitrogen and oxygen atoms in total. The Morgan fingerprint density at radius 2 is 2.21 bits per heavy atom. The third kappa shape index (κ3) is 2.98. The van der Waals surface area contributed by atoms with Gasteiger partial charge in [0, 0.05) is 18.5 Å². The highest BCUT2D eigenvalue weighted by Crippen LogP contribution is 2.28. The average Bonchev–Trinajstić information content (AvgIpc) is 2.97. The maximum atomic E-state index is 12.0. The highest BCUT2D eigenvalue weighted by molar-refractivity contribution is 5.79. The summed E-state index contributed by atoms with van der Waals surface area (Å²) in [5.41, 5.74) is 5.46. The Labute approximate surface area is 86.6 Å². The predicted molar refractivity (Wildman–Crippen MR) is 57.9 cm³/mol. The summed E-state index contributed by atoms with van der Waals surface area (Å²) in [6, 6.07) is 0.544. The minimum atomic E-state index is 0.104. The van der Waals surface area contributed by atoms with Gasteiger partial charge in [0.1, 0.15) is 0 Å². The normalized spacial score (nSPS) is 17.9. The number of rotatable bonds is 6. The van der Waals surface area contributed by atoms with Crippen LogP contribution in [0.2, 0.25) is 0 Å². The van der Waals surface area contributed by atoms with Gasteiger partial charge in [-0.3, -0.25) is 4.79 Å². The molecule has 1 saturated carbocycles. The molecule has 0 aromatic rings. The van der Waals surface area contributed by atoms with Crippen LogP contribution in [0.25, 0.3) is 0 Å². The van der Waals surface area contributed by atoms with E-state index in [9.17, 15) is 4.79 Å². The van der Waals surface area contributed by atoms with Crippen molar-refractivity contribution in [1.29, 1.82) is 0 Å². The second-order valence-electron chi connectivity index (χ2n) is 4.24. The third-order valence-electron chi connectivity index (χ3n) is 2.76. The highest BCUT2D eigenvalue weighted by atomic mass is 16.2. The Morgan fingerprint density at radius 3 is 2.64 bits per heavy atom. The molecule has 14 heavy (non-hydrogen) atoms. The molecule has 1 amide bonds. The first-order chi connectivity index (χ1) is 6.70. The number of hydrogen-bond donors (Lipinski definition) is 1. The summed E-state index contributed by atoms with van der Waals surface area (Å²) in [5.74, 6) is 0.409. The second kappa shape index (κ2) is 5.35. The number of amides is 1. The van der Waals surface area contributed by atoms with Gasteiger partial charge in [0.25, 0.3) is 0 Å². The number of carbonyl (C=O) groups excluding carboxylic acids is 1. The monoisotopic (exact) mass is 198 g/mol. The van der Waals surface area contributed by atoms with E-state index in [-0.39, 0.29) is 5.92 Å². The van der Waals surface area contributed by atoms with Crippen molar-refractivity contribution in [3.63, 3.8) is 0 Å². The summed E-state index contributed by atoms with van der Waals surface area (Å²) < 4.78 is 0. The van der Waals surface area contributed by atoms with E-state index < -0.39 is 0 Å². The molecule has 82 valence electrons. The van der Waals surface area contributed by atoms with Crippen molar-refractivity contribution >= 4 is 5.91 Å². The molecule has 0 bridgehead atoms. The largest absolute Gasteiger partial charge is 0.339 e. The van der Waals surface area contributed by atoms with Gasteiger partial charge in [-0.1, -0.05) is 13.8 Å². The molecule has 0 radical (unpaired) electrons. The van der Waals surface area contributed by atoms with Gasteiger partial charge in [0.15, 0.2) is 0 Å². The SMILES string of the molecule is CCCN(C(=O)C(C)CCN)C1CC1. The van der Waals surface area contributed by atoms with Crippen molar-refractivity contribution in [1.82, 2.24) is 4.90 Å². The lowest BCUT2D eigenvalue weighted by atomic mass is 10.1. The van der Waals surface area contributed by atoms with Gasteiger partial charge < -0.3 is 10.6 Å². The van der Waals surface area contributed by atoms with Crippen molar-refractivity contribution in [3.8, 4) is 0 Å². The van der Waals surface area contributed by atoms with Crippen LogP contribution in [0.3, 0.4) is 0 Å². The Hall–Kier alpha value is -0.570. The quantitative estimate of drug-likeness (QED) is 0.700. The van der Waals surface area contributed by atoms with Crippen molar-refractivity contribution in [2.24, 2.45) is 11.7 Å². The van der Waals surface area contributed by atoms with E-state index in [1.54, 1.807) is 0 Å². The van der Waals surface area contributed by atoms with E-state index >= 15 is 0 Å². The number of hydrogen-bond acceptors (Lipinski definition) is 2. The molecule has 0 heterocycles. The van der Waals surface area contributed by atoms with Crippen LogP contribution >= 0.6 is 0 Å². The number of nitrogens with zero attached hydrogens (tertiary/aromatic N) is 1. The van der Waals surface area contributed by atoms with Crippen LogP contribution in [0.15, 0.2) is 0 Å². The van der Waals surface area contributed by atoms with E-state index in [4.69, 9.17) is 5.73 Å². The Balaban J connectivity index is 2.44. The molecule has 0 aromatic carbocycles. The van der Waals surface area contributed by atoms with Crippen LogP contribution in [0, 0.1) is 5.92 Å². The van der Waals surface area contributed by atoms with E-state index in [2.05, 4.69) is 11.8 Å². The van der Waals surface area contributed by atoms with Gasteiger partial charge in [-0.15, -0.1) is 0 Å². The number of nitrogens with two attached hydrogens (primary N) is 1. The van der Waals surface area contributed by atoms with Crippen LogP contribution in [-0.4, -0.2) is 29.9 Å². The van der Waals surface area contributed by atoms with Crippen LogP contribution < -0.4 is 5.73 Å². The summed E-state index contributed by atoms with van der Waals surface area (Å²) in [6.07, 6.45) is 4.26. The second-order valence-corrected chi connectivity index (χ2v) is 4.24. The zero-order chi connectivity index (χ0) is 10.6. The van der Waals surface area contributed by atoms with Crippen molar-refractivity contribution in [3.05, 3.63) is 0 Å². The minimum Gasteiger partial charge on any atom is -0.339 e. The molecule has 1 unspecified atom stereocenters. The predicted octanol–water partition coefficient (Wildman–Crippen LogP) is 1.37. The molecular weight excluding hydrogens is 176 g/mol. The molecule has 0 saturated heterocycles. The molecule has 1 aliphatic rings. The standard InChI is InChI=1S/C11H22N2O/c1-3-8-13(10-4-5-10)11(14)9(2)6-7-12/h9-10H,3-8,12H2,1-2H3. The molecule has 1 rings (SSSR count). The lowest BCUT2D eigenvalue weighted by Crippen LogP contribution is -2.38. The van der Waals surface area contributed by atoms with Gasteiger partial charge in [-0.05, 0) is 32.2 Å². The summed E-state index contributed by atoms with van der Waals surface area (Å²) in [6.45, 7) is 5.63. The Morgan fingerprint density at radius 1 is 1.57 bits per heavy atom. The highest BCUT2D eigenvalue weighted by Gasteiger charge is 2.33. The first kappa shape index (κ1) is 11.5. The molecule has 1 atom stereocenters. The van der Waals surface area contributed by atoms with Crippen LogP contribution in [-0.2, 0) is 4.79 Å². The van der Waals surface area contributed by atoms with Gasteiger partial charge in [-0.25, -0.2) is 0 Å². The van der Waals surface area contributed by atoms with Gasteiger partial charge in [0.05, 0.1) is 0 Å². The topological polar surface area (TPSA) is 46.3 Å². The maximum Gasteiger partial charge on any atom is 0.225 e.